The van der Waals surface area contributed by atoms with Gasteiger partial charge in [-0.3, -0.25) is 9.29 Å². The van der Waals surface area contributed by atoms with E-state index < -0.39 is 10.0 Å². The van der Waals surface area contributed by atoms with Gasteiger partial charge in [-0.1, -0.05) is 12.1 Å². The molecule has 7 heteroatoms. The Hall–Kier alpha value is -2.93. The van der Waals surface area contributed by atoms with Crippen LogP contribution in [0.15, 0.2) is 67.0 Å². The molecular weight excluding hydrogens is 379 g/mol. The molecule has 0 fully saturated rings. The lowest BCUT2D eigenvalue weighted by molar-refractivity contribution is 0.476. The number of rotatable bonds is 7. The predicted octanol–water partition coefficient (Wildman–Crippen LogP) is 4.68. The summed E-state index contributed by atoms with van der Waals surface area (Å²) in [6, 6.07) is 14.7. The van der Waals surface area contributed by atoms with Crippen molar-refractivity contribution in [2.24, 2.45) is 0 Å². The third kappa shape index (κ3) is 4.67. The number of halogens is 1. The molecule has 3 rings (SSSR count). The van der Waals surface area contributed by atoms with Gasteiger partial charge in [-0.25, -0.2) is 12.8 Å². The lowest BCUT2D eigenvalue weighted by Crippen LogP contribution is -2.31. The van der Waals surface area contributed by atoms with Gasteiger partial charge in [-0.2, -0.15) is 0 Å². The zero-order chi connectivity index (χ0) is 20.1. The van der Waals surface area contributed by atoms with Gasteiger partial charge in [0.15, 0.2) is 0 Å². The van der Waals surface area contributed by atoms with Crippen LogP contribution in [0.5, 0.6) is 11.5 Å². The number of hydrogen-bond donors (Lipinski definition) is 0. The van der Waals surface area contributed by atoms with Crippen molar-refractivity contribution in [3.05, 3.63) is 83.9 Å². The molecule has 0 saturated carbocycles. The van der Waals surface area contributed by atoms with Crippen LogP contribution in [0.4, 0.5) is 10.1 Å². The van der Waals surface area contributed by atoms with E-state index in [1.54, 1.807) is 62.6 Å². The molecule has 0 saturated heterocycles. The molecule has 0 atom stereocenters. The monoisotopic (exact) mass is 400 g/mol. The summed E-state index contributed by atoms with van der Waals surface area (Å²) >= 11 is 0. The third-order valence-corrected chi connectivity index (χ3v) is 5.96. The first-order valence-corrected chi connectivity index (χ1v) is 10.4. The van der Waals surface area contributed by atoms with Crippen LogP contribution in [0.25, 0.3) is 0 Å². The predicted molar refractivity (Wildman–Crippen MR) is 108 cm³/mol. The highest BCUT2D eigenvalue weighted by Gasteiger charge is 2.21. The van der Waals surface area contributed by atoms with Gasteiger partial charge < -0.3 is 4.74 Å². The molecular formula is C21H21FN2O3S. The van der Waals surface area contributed by atoms with E-state index in [1.807, 2.05) is 6.07 Å². The van der Waals surface area contributed by atoms with Gasteiger partial charge >= 0.3 is 0 Å². The zero-order valence-electron chi connectivity index (χ0n) is 15.7. The van der Waals surface area contributed by atoms with Crippen molar-refractivity contribution in [3.63, 3.8) is 0 Å². The molecule has 5 nitrogen and oxygen atoms in total. The number of benzene rings is 2. The highest BCUT2D eigenvalue weighted by Crippen LogP contribution is 2.30. The van der Waals surface area contributed by atoms with Gasteiger partial charge in [0.05, 0.1) is 18.0 Å². The van der Waals surface area contributed by atoms with E-state index in [0.29, 0.717) is 22.7 Å². The van der Waals surface area contributed by atoms with Crippen LogP contribution in [-0.2, 0) is 16.6 Å². The van der Waals surface area contributed by atoms with Gasteiger partial charge in [0.25, 0.3) is 0 Å². The average molecular weight is 400 g/mol. The normalized spacial score (nSPS) is 11.2. The quantitative estimate of drug-likeness (QED) is 0.578. The van der Waals surface area contributed by atoms with Crippen LogP contribution >= 0.6 is 0 Å². The van der Waals surface area contributed by atoms with Crippen LogP contribution in [-0.4, -0.2) is 19.2 Å². The lowest BCUT2D eigenvalue weighted by atomic mass is 10.2. The lowest BCUT2D eigenvalue weighted by Gasteiger charge is -2.24. The number of pyridine rings is 1. The van der Waals surface area contributed by atoms with E-state index in [9.17, 15) is 12.8 Å². The maximum atomic E-state index is 13.3. The highest BCUT2D eigenvalue weighted by atomic mass is 32.2. The van der Waals surface area contributed by atoms with Crippen LogP contribution < -0.4 is 9.04 Å². The smallest absolute Gasteiger partial charge is 0.235 e. The molecule has 0 unspecified atom stereocenters. The number of ether oxygens (including phenoxy) is 1. The van der Waals surface area contributed by atoms with Gasteiger partial charge in [0, 0.05) is 18.5 Å². The van der Waals surface area contributed by atoms with E-state index in [0.717, 1.165) is 5.56 Å². The molecule has 0 bridgehead atoms. The molecule has 2 aromatic carbocycles. The Labute approximate surface area is 164 Å². The van der Waals surface area contributed by atoms with Gasteiger partial charge in [-0.15, -0.1) is 0 Å². The Bertz CT molecular complexity index is 1060. The first-order chi connectivity index (χ1) is 13.4. The second-order valence-electron chi connectivity index (χ2n) is 6.28. The first-order valence-electron chi connectivity index (χ1n) is 8.82. The summed E-state index contributed by atoms with van der Waals surface area (Å²) in [4.78, 5) is 4.05. The van der Waals surface area contributed by atoms with E-state index in [4.69, 9.17) is 4.74 Å². The summed E-state index contributed by atoms with van der Waals surface area (Å²) in [6.45, 7) is 3.52. The van der Waals surface area contributed by atoms with Crippen LogP contribution in [0.2, 0.25) is 0 Å². The van der Waals surface area contributed by atoms with Crippen molar-refractivity contribution >= 4 is 15.7 Å². The van der Waals surface area contributed by atoms with Gasteiger partial charge in [-0.05, 0) is 61.4 Å². The number of nitrogens with zero attached hydrogens (tertiary/aromatic N) is 2. The van der Waals surface area contributed by atoms with Crippen molar-refractivity contribution in [1.29, 1.82) is 0 Å². The van der Waals surface area contributed by atoms with Crippen molar-refractivity contribution in [3.8, 4) is 11.5 Å². The van der Waals surface area contributed by atoms with Crippen LogP contribution in [0.3, 0.4) is 0 Å². The van der Waals surface area contributed by atoms with Crippen molar-refractivity contribution in [2.45, 2.75) is 20.4 Å². The molecule has 0 aliphatic carbocycles. The van der Waals surface area contributed by atoms with Gasteiger partial charge in [0.1, 0.15) is 17.3 Å². The SMILES string of the molecule is CCS(=O)(=O)N(Cc1cccnc1)c1cccc(Oc2ccc(F)cc2C)c1. The Morgan fingerprint density at radius 3 is 2.61 bits per heavy atom. The summed E-state index contributed by atoms with van der Waals surface area (Å²) < 4.78 is 45.9. The van der Waals surface area contributed by atoms with E-state index in [-0.39, 0.29) is 18.1 Å². The first kappa shape index (κ1) is 19.8. The van der Waals surface area contributed by atoms with E-state index in [1.165, 1.54) is 16.4 Å². The second-order valence-corrected chi connectivity index (χ2v) is 8.46. The molecule has 0 spiro atoms. The Kier molecular flexibility index (Phi) is 5.94. The third-order valence-electron chi connectivity index (χ3n) is 4.22. The van der Waals surface area contributed by atoms with Crippen LogP contribution in [0, 0.1) is 12.7 Å². The summed E-state index contributed by atoms with van der Waals surface area (Å²) in [5.74, 6) is 0.607. The molecule has 146 valence electrons. The van der Waals surface area contributed by atoms with Crippen LogP contribution in [0.1, 0.15) is 18.1 Å². The number of aryl methyl sites for hydroxylation is 1. The van der Waals surface area contributed by atoms with E-state index >= 15 is 0 Å². The fourth-order valence-corrected chi connectivity index (χ4v) is 3.81. The molecule has 0 aliphatic heterocycles. The summed E-state index contributed by atoms with van der Waals surface area (Å²) in [7, 11) is -3.51. The molecule has 0 N–H and O–H groups in total. The number of sulfonamides is 1. The fourth-order valence-electron chi connectivity index (χ4n) is 2.72. The fraction of sp³-hybridized carbons (Fsp3) is 0.190. The maximum absolute atomic E-state index is 13.3. The molecule has 0 radical (unpaired) electrons. The molecule has 1 heterocycles. The minimum Gasteiger partial charge on any atom is -0.457 e. The number of aromatic nitrogens is 1. The number of anilines is 1. The minimum atomic E-state index is -3.51. The summed E-state index contributed by atoms with van der Waals surface area (Å²) in [6.07, 6.45) is 3.28. The molecule has 3 aromatic rings. The summed E-state index contributed by atoms with van der Waals surface area (Å²) in [5, 5.41) is 0. The molecule has 0 amide bonds. The standard InChI is InChI=1S/C21H21FN2O3S/c1-3-28(25,26)24(15-17-6-5-11-23-14-17)19-7-4-8-20(13-19)27-21-10-9-18(22)12-16(21)2/h4-14H,3,15H2,1-2H3. The van der Waals surface area contributed by atoms with Crippen molar-refractivity contribution in [1.82, 2.24) is 4.98 Å². The topological polar surface area (TPSA) is 59.5 Å². The zero-order valence-corrected chi connectivity index (χ0v) is 16.5. The highest BCUT2D eigenvalue weighted by molar-refractivity contribution is 7.92. The second kappa shape index (κ2) is 8.39. The Balaban J connectivity index is 1.94. The van der Waals surface area contributed by atoms with Gasteiger partial charge in [0.2, 0.25) is 10.0 Å². The van der Waals surface area contributed by atoms with Crippen molar-refractivity contribution < 1.29 is 17.5 Å². The van der Waals surface area contributed by atoms with Crippen molar-refractivity contribution in [2.75, 3.05) is 10.1 Å². The largest absolute Gasteiger partial charge is 0.457 e. The molecule has 1 aromatic heterocycles. The maximum Gasteiger partial charge on any atom is 0.235 e. The number of hydrogen-bond acceptors (Lipinski definition) is 4. The minimum absolute atomic E-state index is 0.0323. The Morgan fingerprint density at radius 2 is 1.93 bits per heavy atom. The molecule has 28 heavy (non-hydrogen) atoms. The molecule has 0 aliphatic rings. The summed E-state index contributed by atoms with van der Waals surface area (Å²) in [5.41, 5.74) is 1.92. The average Bonchev–Trinajstić information content (AvgIpc) is 2.69. The Morgan fingerprint density at radius 1 is 1.11 bits per heavy atom. The van der Waals surface area contributed by atoms with E-state index in [2.05, 4.69) is 4.98 Å².